The van der Waals surface area contributed by atoms with E-state index >= 15 is 0 Å². The first-order chi connectivity index (χ1) is 27.8. The molecule has 5 heterocycles. The molecule has 5 nitrogen and oxygen atoms in total. The van der Waals surface area contributed by atoms with Gasteiger partial charge >= 0.3 is 0 Å². The Kier molecular flexibility index (Phi) is 7.42. The summed E-state index contributed by atoms with van der Waals surface area (Å²) in [6.45, 7) is 0. The van der Waals surface area contributed by atoms with Gasteiger partial charge in [0, 0.05) is 80.0 Å². The minimum Gasteiger partial charge on any atom is -0.309 e. The van der Waals surface area contributed by atoms with E-state index in [9.17, 15) is 0 Å². The van der Waals surface area contributed by atoms with Gasteiger partial charge in [0.2, 0.25) is 0 Å². The van der Waals surface area contributed by atoms with E-state index in [4.69, 9.17) is 4.98 Å². The van der Waals surface area contributed by atoms with E-state index in [2.05, 4.69) is 183 Å². The lowest BCUT2D eigenvalue weighted by atomic mass is 9.95. The Labute approximate surface area is 323 Å². The third kappa shape index (κ3) is 5.13. The molecule has 0 atom stereocenters. The lowest BCUT2D eigenvalue weighted by Gasteiger charge is -2.15. The standard InChI is InChI=1S/C51H33N5/c1-3-16-39(17-4-1)55-47-24-9-7-20-41(47)43-31-44(51-49(50(43)55)42-21-8-10-25-48(42)56(51)40-18-5-2-6-19-40)46-23-11-22-45(54-46)38-29-36(34-14-12-26-52-32-34)28-37(30-38)35-15-13-27-53-33-35/h1-33H. The second kappa shape index (κ2) is 13.0. The predicted octanol–water partition coefficient (Wildman–Crippen LogP) is 12.7. The highest BCUT2D eigenvalue weighted by Crippen LogP contribution is 2.46. The van der Waals surface area contributed by atoms with Gasteiger partial charge in [0.15, 0.2) is 0 Å². The summed E-state index contributed by atoms with van der Waals surface area (Å²) in [5, 5.41) is 4.78. The van der Waals surface area contributed by atoms with Crippen LogP contribution in [0.5, 0.6) is 0 Å². The van der Waals surface area contributed by atoms with Crippen molar-refractivity contribution in [2.75, 3.05) is 0 Å². The summed E-state index contributed by atoms with van der Waals surface area (Å²) in [4.78, 5) is 14.4. The van der Waals surface area contributed by atoms with Gasteiger partial charge in [-0.3, -0.25) is 9.97 Å². The summed E-state index contributed by atoms with van der Waals surface area (Å²) in [6.07, 6.45) is 7.44. The summed E-state index contributed by atoms with van der Waals surface area (Å²) < 4.78 is 4.86. The molecule has 0 fully saturated rings. The minimum atomic E-state index is 0.890. The second-order valence-corrected chi connectivity index (χ2v) is 14.1. The third-order valence-electron chi connectivity index (χ3n) is 10.8. The van der Waals surface area contributed by atoms with Crippen LogP contribution in [-0.4, -0.2) is 24.1 Å². The molecule has 11 aromatic rings. The Bertz CT molecular complexity index is 3160. The van der Waals surface area contributed by atoms with Gasteiger partial charge in [0.25, 0.3) is 0 Å². The van der Waals surface area contributed by atoms with Gasteiger partial charge in [-0.05, 0) is 96.1 Å². The molecular weight excluding hydrogens is 683 g/mol. The average molecular weight is 716 g/mol. The molecule has 5 aromatic heterocycles. The van der Waals surface area contributed by atoms with Gasteiger partial charge in [-0.15, -0.1) is 0 Å². The molecule has 262 valence electrons. The molecule has 56 heavy (non-hydrogen) atoms. The highest BCUT2D eigenvalue weighted by molar-refractivity contribution is 6.29. The number of aromatic nitrogens is 5. The molecule has 0 saturated heterocycles. The zero-order valence-electron chi connectivity index (χ0n) is 30.3. The Morgan fingerprint density at radius 3 is 1.52 bits per heavy atom. The van der Waals surface area contributed by atoms with Crippen LogP contribution in [0.3, 0.4) is 0 Å². The minimum absolute atomic E-state index is 0.890. The van der Waals surface area contributed by atoms with Gasteiger partial charge in [-0.25, -0.2) is 4.98 Å². The number of hydrogen-bond donors (Lipinski definition) is 0. The first kappa shape index (κ1) is 31.9. The number of rotatable bonds is 6. The fourth-order valence-corrected chi connectivity index (χ4v) is 8.41. The first-order valence-electron chi connectivity index (χ1n) is 18.8. The molecule has 5 heteroatoms. The van der Waals surface area contributed by atoms with Gasteiger partial charge in [0.05, 0.1) is 33.5 Å². The van der Waals surface area contributed by atoms with E-state index < -0.39 is 0 Å². The normalized spacial score (nSPS) is 11.6. The Hall–Kier alpha value is -7.63. The van der Waals surface area contributed by atoms with Crippen molar-refractivity contribution in [2.45, 2.75) is 0 Å². The van der Waals surface area contributed by atoms with E-state index in [0.717, 1.165) is 67.2 Å². The molecule has 0 saturated carbocycles. The number of para-hydroxylation sites is 4. The lowest BCUT2D eigenvalue weighted by molar-refractivity contribution is 1.17. The van der Waals surface area contributed by atoms with Gasteiger partial charge in [-0.2, -0.15) is 0 Å². The van der Waals surface area contributed by atoms with Crippen LogP contribution in [-0.2, 0) is 0 Å². The Morgan fingerprint density at radius 2 is 0.893 bits per heavy atom. The van der Waals surface area contributed by atoms with E-state index in [0.29, 0.717) is 0 Å². The first-order valence-corrected chi connectivity index (χ1v) is 18.8. The summed E-state index contributed by atoms with van der Waals surface area (Å²) >= 11 is 0. The molecule has 0 bridgehead atoms. The zero-order valence-corrected chi connectivity index (χ0v) is 30.3. The molecular formula is C51H33N5. The Morgan fingerprint density at radius 1 is 0.357 bits per heavy atom. The molecule has 11 rings (SSSR count). The maximum absolute atomic E-state index is 5.54. The van der Waals surface area contributed by atoms with E-state index in [-0.39, 0.29) is 0 Å². The van der Waals surface area contributed by atoms with Crippen molar-refractivity contribution in [3.8, 4) is 56.1 Å². The van der Waals surface area contributed by atoms with E-state index in [1.807, 2.05) is 36.9 Å². The van der Waals surface area contributed by atoms with Crippen molar-refractivity contribution >= 4 is 43.6 Å². The van der Waals surface area contributed by atoms with Crippen LogP contribution in [0.2, 0.25) is 0 Å². The molecule has 0 aliphatic carbocycles. The fourth-order valence-electron chi connectivity index (χ4n) is 8.41. The van der Waals surface area contributed by atoms with Crippen molar-refractivity contribution < 1.29 is 0 Å². The lowest BCUT2D eigenvalue weighted by Crippen LogP contribution is -1.98. The molecule has 0 unspecified atom stereocenters. The topological polar surface area (TPSA) is 48.5 Å². The predicted molar refractivity (Wildman–Crippen MR) is 230 cm³/mol. The number of pyridine rings is 3. The van der Waals surface area contributed by atoms with Crippen LogP contribution >= 0.6 is 0 Å². The van der Waals surface area contributed by atoms with Crippen molar-refractivity contribution in [2.24, 2.45) is 0 Å². The maximum Gasteiger partial charge on any atom is 0.0731 e. The molecule has 6 aromatic carbocycles. The largest absolute Gasteiger partial charge is 0.309 e. The maximum atomic E-state index is 5.54. The molecule has 0 spiro atoms. The van der Waals surface area contributed by atoms with Crippen LogP contribution in [0.15, 0.2) is 201 Å². The zero-order chi connectivity index (χ0) is 37.0. The molecule has 0 radical (unpaired) electrons. The molecule has 0 aliphatic rings. The van der Waals surface area contributed by atoms with Gasteiger partial charge in [0.1, 0.15) is 0 Å². The van der Waals surface area contributed by atoms with Crippen LogP contribution in [0, 0.1) is 0 Å². The Balaban J connectivity index is 1.24. The number of hydrogen-bond acceptors (Lipinski definition) is 3. The van der Waals surface area contributed by atoms with Crippen LogP contribution in [0.1, 0.15) is 0 Å². The second-order valence-electron chi connectivity index (χ2n) is 14.1. The summed E-state index contributed by atoms with van der Waals surface area (Å²) in [5.41, 5.74) is 15.0. The monoisotopic (exact) mass is 715 g/mol. The molecule has 0 N–H and O–H groups in total. The highest BCUT2D eigenvalue weighted by atomic mass is 15.0. The summed E-state index contributed by atoms with van der Waals surface area (Å²) in [6, 6.07) is 62.5. The van der Waals surface area contributed by atoms with Crippen LogP contribution in [0.25, 0.3) is 99.8 Å². The quantitative estimate of drug-likeness (QED) is 0.172. The van der Waals surface area contributed by atoms with Crippen LogP contribution < -0.4 is 0 Å². The van der Waals surface area contributed by atoms with Crippen molar-refractivity contribution in [3.63, 3.8) is 0 Å². The summed E-state index contributed by atoms with van der Waals surface area (Å²) in [5.74, 6) is 0. The van der Waals surface area contributed by atoms with E-state index in [1.165, 1.54) is 32.6 Å². The van der Waals surface area contributed by atoms with Gasteiger partial charge in [-0.1, -0.05) is 91.0 Å². The number of nitrogens with zero attached hydrogens (tertiary/aromatic N) is 5. The smallest absolute Gasteiger partial charge is 0.0731 e. The van der Waals surface area contributed by atoms with Crippen molar-refractivity contribution in [1.29, 1.82) is 0 Å². The fraction of sp³-hybridized carbons (Fsp3) is 0. The summed E-state index contributed by atoms with van der Waals surface area (Å²) in [7, 11) is 0. The van der Waals surface area contributed by atoms with E-state index in [1.54, 1.807) is 0 Å². The average Bonchev–Trinajstić information content (AvgIpc) is 3.80. The third-order valence-corrected chi connectivity index (χ3v) is 10.8. The molecule has 0 aliphatic heterocycles. The highest BCUT2D eigenvalue weighted by Gasteiger charge is 2.25. The van der Waals surface area contributed by atoms with Crippen molar-refractivity contribution in [3.05, 3.63) is 201 Å². The van der Waals surface area contributed by atoms with Gasteiger partial charge < -0.3 is 9.13 Å². The van der Waals surface area contributed by atoms with Crippen molar-refractivity contribution in [1.82, 2.24) is 24.1 Å². The van der Waals surface area contributed by atoms with Crippen LogP contribution in [0.4, 0.5) is 0 Å². The SMILES string of the molecule is c1ccc(-n2c3ccccc3c3c2c(-c2cccc(-c4cc(-c5cccnc5)cc(-c5cccnc5)c4)n2)cc2c4ccccc4n(-c4ccccc4)c23)cc1. The number of benzene rings is 6. The molecule has 0 amide bonds. The number of fused-ring (bicyclic) bond motifs is 7.